The van der Waals surface area contributed by atoms with Gasteiger partial charge in [0.25, 0.3) is 0 Å². The van der Waals surface area contributed by atoms with E-state index >= 15 is 0 Å². The van der Waals surface area contributed by atoms with Gasteiger partial charge in [-0.25, -0.2) is 4.79 Å². The van der Waals surface area contributed by atoms with E-state index in [1.807, 2.05) is 56.3 Å². The summed E-state index contributed by atoms with van der Waals surface area (Å²) in [6.45, 7) is 2.46. The number of aromatic hydroxyl groups is 1. The fourth-order valence-corrected chi connectivity index (χ4v) is 2.83. The number of phenols is 1. The Morgan fingerprint density at radius 2 is 1.83 bits per heavy atom. The summed E-state index contributed by atoms with van der Waals surface area (Å²) in [5, 5.41) is 11.0. The number of benzene rings is 2. The molecule has 2 aromatic carbocycles. The molecule has 0 atom stereocenters. The molecule has 1 aromatic heterocycles. The van der Waals surface area contributed by atoms with Gasteiger partial charge in [0.15, 0.2) is 0 Å². The Hall–Kier alpha value is -2.59. The van der Waals surface area contributed by atoms with E-state index in [1.54, 1.807) is 12.1 Å². The highest BCUT2D eigenvalue weighted by Crippen LogP contribution is 2.31. The lowest BCUT2D eigenvalue weighted by Crippen LogP contribution is -2.11. The maximum atomic E-state index is 12.4. The highest BCUT2D eigenvalue weighted by molar-refractivity contribution is 5.88. The molecular formula is C19H19NO3. The minimum Gasteiger partial charge on any atom is -0.508 e. The lowest BCUT2D eigenvalue weighted by molar-refractivity contribution is 0.385. The van der Waals surface area contributed by atoms with E-state index < -0.39 is 0 Å². The molecule has 0 spiro atoms. The molecule has 0 amide bonds. The van der Waals surface area contributed by atoms with Gasteiger partial charge in [-0.2, -0.15) is 0 Å². The molecule has 3 aromatic rings. The number of nitrogens with zero attached hydrogens (tertiary/aromatic N) is 1. The van der Waals surface area contributed by atoms with Gasteiger partial charge in [0.2, 0.25) is 0 Å². The minimum atomic E-state index is -0.359. The molecule has 0 aliphatic carbocycles. The zero-order chi connectivity index (χ0) is 16.6. The molecule has 0 aliphatic heterocycles. The van der Waals surface area contributed by atoms with Gasteiger partial charge in [0, 0.05) is 17.5 Å². The van der Waals surface area contributed by atoms with Crippen molar-refractivity contribution >= 4 is 11.0 Å². The van der Waals surface area contributed by atoms with E-state index in [0.29, 0.717) is 17.7 Å². The minimum absolute atomic E-state index is 0.210. The SMILES string of the molecule is Cc1c(-c2ccccc2)c(=O)oc2cc(CN(C)C)c(O)cc12. The summed E-state index contributed by atoms with van der Waals surface area (Å²) < 4.78 is 5.52. The summed E-state index contributed by atoms with van der Waals surface area (Å²) in [6.07, 6.45) is 0. The average molecular weight is 309 g/mol. The Kier molecular flexibility index (Phi) is 3.92. The van der Waals surface area contributed by atoms with Crippen LogP contribution >= 0.6 is 0 Å². The number of fused-ring (bicyclic) bond motifs is 1. The molecule has 0 unspecified atom stereocenters. The van der Waals surface area contributed by atoms with Gasteiger partial charge >= 0.3 is 5.63 Å². The summed E-state index contributed by atoms with van der Waals surface area (Å²) in [5.74, 6) is 0.210. The zero-order valence-electron chi connectivity index (χ0n) is 13.5. The highest BCUT2D eigenvalue weighted by Gasteiger charge is 2.15. The third kappa shape index (κ3) is 2.85. The molecule has 0 bridgehead atoms. The van der Waals surface area contributed by atoms with E-state index in [2.05, 4.69) is 0 Å². The Bertz CT molecular complexity index is 911. The summed E-state index contributed by atoms with van der Waals surface area (Å²) in [4.78, 5) is 14.4. The van der Waals surface area contributed by atoms with Crippen LogP contribution in [0.1, 0.15) is 11.1 Å². The molecule has 23 heavy (non-hydrogen) atoms. The molecule has 4 heteroatoms. The van der Waals surface area contributed by atoms with Gasteiger partial charge in [-0.1, -0.05) is 30.3 Å². The van der Waals surface area contributed by atoms with Crippen LogP contribution in [0.3, 0.4) is 0 Å². The maximum Gasteiger partial charge on any atom is 0.344 e. The van der Waals surface area contributed by atoms with E-state index in [9.17, 15) is 9.90 Å². The zero-order valence-corrected chi connectivity index (χ0v) is 13.5. The van der Waals surface area contributed by atoms with Crippen molar-refractivity contribution in [2.75, 3.05) is 14.1 Å². The molecule has 118 valence electrons. The van der Waals surface area contributed by atoms with Crippen LogP contribution < -0.4 is 5.63 Å². The lowest BCUT2D eigenvalue weighted by Gasteiger charge is -2.13. The fraction of sp³-hybridized carbons (Fsp3) is 0.211. The predicted molar refractivity (Wildman–Crippen MR) is 91.7 cm³/mol. The van der Waals surface area contributed by atoms with E-state index in [-0.39, 0.29) is 11.4 Å². The first kappa shape index (κ1) is 15.3. The van der Waals surface area contributed by atoms with Crippen LogP contribution in [0.15, 0.2) is 51.7 Å². The topological polar surface area (TPSA) is 53.7 Å². The van der Waals surface area contributed by atoms with E-state index in [0.717, 1.165) is 22.1 Å². The number of phenolic OH excluding ortho intramolecular Hbond substituents is 1. The quantitative estimate of drug-likeness (QED) is 0.752. The predicted octanol–water partition coefficient (Wildman–Crippen LogP) is 3.54. The Morgan fingerprint density at radius 3 is 2.48 bits per heavy atom. The molecule has 0 saturated heterocycles. The standard InChI is InChI=1S/C19H19NO3/c1-12-15-10-16(21)14(11-20(2)3)9-17(15)23-19(22)18(12)13-7-5-4-6-8-13/h4-10,21H,11H2,1-3H3. The van der Waals surface area contributed by atoms with Crippen molar-refractivity contribution in [3.8, 4) is 16.9 Å². The molecule has 4 nitrogen and oxygen atoms in total. The molecule has 0 saturated carbocycles. The fourth-order valence-electron chi connectivity index (χ4n) is 2.83. The number of hydrogen-bond donors (Lipinski definition) is 1. The van der Waals surface area contributed by atoms with Gasteiger partial charge in [0.1, 0.15) is 11.3 Å². The van der Waals surface area contributed by atoms with Crippen molar-refractivity contribution in [2.45, 2.75) is 13.5 Å². The summed E-state index contributed by atoms with van der Waals surface area (Å²) >= 11 is 0. The summed E-state index contributed by atoms with van der Waals surface area (Å²) in [5.41, 5.74) is 3.05. The number of rotatable bonds is 3. The summed E-state index contributed by atoms with van der Waals surface area (Å²) in [7, 11) is 3.84. The van der Waals surface area contributed by atoms with Crippen molar-refractivity contribution in [3.05, 3.63) is 64.0 Å². The van der Waals surface area contributed by atoms with Crippen molar-refractivity contribution in [3.63, 3.8) is 0 Å². The van der Waals surface area contributed by atoms with Gasteiger partial charge in [0.05, 0.1) is 5.56 Å². The number of hydrogen-bond acceptors (Lipinski definition) is 4. The average Bonchev–Trinajstić information content (AvgIpc) is 2.50. The Morgan fingerprint density at radius 1 is 1.13 bits per heavy atom. The third-order valence-electron chi connectivity index (χ3n) is 3.92. The molecule has 1 N–H and O–H groups in total. The maximum absolute atomic E-state index is 12.4. The van der Waals surface area contributed by atoms with Crippen molar-refractivity contribution in [2.24, 2.45) is 0 Å². The van der Waals surface area contributed by atoms with Gasteiger partial charge in [-0.15, -0.1) is 0 Å². The molecular weight excluding hydrogens is 290 g/mol. The van der Waals surface area contributed by atoms with E-state index in [4.69, 9.17) is 4.42 Å². The molecule has 0 aliphatic rings. The van der Waals surface area contributed by atoms with Crippen LogP contribution in [0, 0.1) is 6.92 Å². The van der Waals surface area contributed by atoms with E-state index in [1.165, 1.54) is 0 Å². The second kappa shape index (κ2) is 5.89. The van der Waals surface area contributed by atoms with Crippen LogP contribution in [0.25, 0.3) is 22.1 Å². The van der Waals surface area contributed by atoms with Crippen molar-refractivity contribution in [1.29, 1.82) is 0 Å². The Labute approximate surface area is 134 Å². The normalized spacial score (nSPS) is 11.3. The first-order valence-electron chi connectivity index (χ1n) is 7.47. The Balaban J connectivity index is 2.26. The smallest absolute Gasteiger partial charge is 0.344 e. The highest BCUT2D eigenvalue weighted by atomic mass is 16.4. The monoisotopic (exact) mass is 309 g/mol. The van der Waals surface area contributed by atoms with Crippen LogP contribution in [0.2, 0.25) is 0 Å². The van der Waals surface area contributed by atoms with Crippen LogP contribution in [-0.2, 0) is 6.54 Å². The van der Waals surface area contributed by atoms with Gasteiger partial charge in [-0.05, 0) is 44.3 Å². The second-order valence-electron chi connectivity index (χ2n) is 5.97. The van der Waals surface area contributed by atoms with Crippen LogP contribution in [0.5, 0.6) is 5.75 Å². The van der Waals surface area contributed by atoms with Crippen molar-refractivity contribution < 1.29 is 9.52 Å². The first-order chi connectivity index (χ1) is 11.0. The van der Waals surface area contributed by atoms with Crippen molar-refractivity contribution in [1.82, 2.24) is 4.90 Å². The third-order valence-corrected chi connectivity index (χ3v) is 3.92. The largest absolute Gasteiger partial charge is 0.508 e. The van der Waals surface area contributed by atoms with Crippen LogP contribution in [0.4, 0.5) is 0 Å². The molecule has 3 rings (SSSR count). The van der Waals surface area contributed by atoms with Crippen LogP contribution in [-0.4, -0.2) is 24.1 Å². The van der Waals surface area contributed by atoms with Gasteiger partial charge < -0.3 is 14.4 Å². The number of aryl methyl sites for hydroxylation is 1. The molecule has 0 fully saturated rings. The molecule has 1 heterocycles. The first-order valence-corrected chi connectivity index (χ1v) is 7.47. The lowest BCUT2D eigenvalue weighted by atomic mass is 9.98. The summed E-state index contributed by atoms with van der Waals surface area (Å²) in [6, 6.07) is 12.9. The second-order valence-corrected chi connectivity index (χ2v) is 5.97. The molecule has 0 radical (unpaired) electrons. The van der Waals surface area contributed by atoms with Gasteiger partial charge in [-0.3, -0.25) is 0 Å².